The van der Waals surface area contributed by atoms with Crippen LogP contribution in [0.1, 0.15) is 0 Å². The standard InChI is InChI=1S/C21H14ClF2N7O3S/c1-34-21-14(7-10(22)8-28-21)35(32,33)31-13-4-2-3-11(15(13)23)17-16(24)18-12(9-27-17)19(30-29-18)20-25-5-6-26-20/h2-9,31H,1H3,(H,25,26)(H,29,30). The highest BCUT2D eigenvalue weighted by Crippen LogP contribution is 2.34. The summed E-state index contributed by atoms with van der Waals surface area (Å²) in [6, 6.07) is 4.92. The topological polar surface area (TPSA) is 139 Å². The molecule has 0 atom stereocenters. The summed E-state index contributed by atoms with van der Waals surface area (Å²) in [5.74, 6) is -1.74. The Hall–Kier alpha value is -4.10. The second-order valence-corrected chi connectivity index (χ2v) is 9.24. The van der Waals surface area contributed by atoms with Crippen molar-refractivity contribution in [3.63, 3.8) is 0 Å². The number of hydrogen-bond acceptors (Lipinski definition) is 7. The second-order valence-electron chi connectivity index (χ2n) is 7.15. The molecule has 0 bridgehead atoms. The molecule has 0 unspecified atom stereocenters. The highest BCUT2D eigenvalue weighted by molar-refractivity contribution is 7.92. The number of aromatic nitrogens is 6. The lowest BCUT2D eigenvalue weighted by molar-refractivity contribution is 0.385. The highest BCUT2D eigenvalue weighted by Gasteiger charge is 2.25. The largest absolute Gasteiger partial charge is 0.480 e. The first-order valence-electron chi connectivity index (χ1n) is 9.83. The number of rotatable bonds is 6. The number of H-pyrrole nitrogens is 2. The Balaban J connectivity index is 1.56. The summed E-state index contributed by atoms with van der Waals surface area (Å²) in [5.41, 5.74) is -0.737. The van der Waals surface area contributed by atoms with E-state index < -0.39 is 32.2 Å². The van der Waals surface area contributed by atoms with Gasteiger partial charge in [-0.2, -0.15) is 5.10 Å². The smallest absolute Gasteiger partial charge is 0.267 e. The number of halogens is 3. The van der Waals surface area contributed by atoms with Crippen molar-refractivity contribution < 1.29 is 21.9 Å². The molecule has 0 saturated carbocycles. The Morgan fingerprint density at radius 2 is 1.94 bits per heavy atom. The third kappa shape index (κ3) is 3.94. The van der Waals surface area contributed by atoms with Gasteiger partial charge in [-0.15, -0.1) is 0 Å². The van der Waals surface area contributed by atoms with Crippen LogP contribution in [-0.2, 0) is 10.0 Å². The number of nitrogens with one attached hydrogen (secondary N) is 3. The number of hydrogen-bond donors (Lipinski definition) is 3. The van der Waals surface area contributed by atoms with E-state index in [1.165, 1.54) is 43.9 Å². The zero-order valence-corrected chi connectivity index (χ0v) is 19.2. The summed E-state index contributed by atoms with van der Waals surface area (Å²) in [4.78, 5) is 14.5. The number of anilines is 1. The fourth-order valence-corrected chi connectivity index (χ4v) is 4.89. The van der Waals surface area contributed by atoms with Gasteiger partial charge < -0.3 is 9.72 Å². The third-order valence-corrected chi connectivity index (χ3v) is 6.61. The lowest BCUT2D eigenvalue weighted by atomic mass is 10.1. The van der Waals surface area contributed by atoms with Gasteiger partial charge in [-0.05, 0) is 18.2 Å². The average Bonchev–Trinajstić information content (AvgIpc) is 3.51. The first-order valence-corrected chi connectivity index (χ1v) is 11.7. The molecule has 0 fully saturated rings. The van der Waals surface area contributed by atoms with Crippen LogP contribution in [0.3, 0.4) is 0 Å². The van der Waals surface area contributed by atoms with Crippen LogP contribution in [0.15, 0.2) is 53.9 Å². The van der Waals surface area contributed by atoms with Crippen LogP contribution >= 0.6 is 11.6 Å². The van der Waals surface area contributed by atoms with Gasteiger partial charge in [0.15, 0.2) is 22.4 Å². The molecule has 4 aromatic heterocycles. The van der Waals surface area contributed by atoms with E-state index in [4.69, 9.17) is 16.3 Å². The molecular formula is C21H14ClF2N7O3S. The quantitative estimate of drug-likeness (QED) is 0.307. The van der Waals surface area contributed by atoms with E-state index in [-0.39, 0.29) is 27.7 Å². The van der Waals surface area contributed by atoms with Crippen molar-refractivity contribution in [3.05, 3.63) is 65.7 Å². The number of ether oxygens (including phenoxy) is 1. The van der Waals surface area contributed by atoms with E-state index in [9.17, 15) is 8.42 Å². The van der Waals surface area contributed by atoms with Gasteiger partial charge in [0.05, 0.1) is 23.2 Å². The van der Waals surface area contributed by atoms with Crippen molar-refractivity contribution in [2.75, 3.05) is 11.8 Å². The van der Waals surface area contributed by atoms with E-state index in [1.54, 1.807) is 6.20 Å². The first-order chi connectivity index (χ1) is 16.8. The summed E-state index contributed by atoms with van der Waals surface area (Å²) in [6.07, 6.45) is 5.65. The van der Waals surface area contributed by atoms with Crippen LogP contribution in [0.2, 0.25) is 5.02 Å². The normalized spacial score (nSPS) is 11.7. The fourth-order valence-electron chi connectivity index (χ4n) is 3.46. The molecule has 10 nitrogen and oxygen atoms in total. The molecular weight excluding hydrogens is 504 g/mol. The zero-order valence-electron chi connectivity index (χ0n) is 17.7. The van der Waals surface area contributed by atoms with Crippen molar-refractivity contribution in [1.29, 1.82) is 0 Å². The minimum Gasteiger partial charge on any atom is -0.480 e. The van der Waals surface area contributed by atoms with Gasteiger partial charge in [0.1, 0.15) is 16.9 Å². The fraction of sp³-hybridized carbons (Fsp3) is 0.0476. The maximum atomic E-state index is 15.4. The first kappa shape index (κ1) is 22.7. The Bertz CT molecular complexity index is 1670. The minimum absolute atomic E-state index is 0.0351. The maximum absolute atomic E-state index is 15.4. The van der Waals surface area contributed by atoms with E-state index >= 15 is 8.78 Å². The Labute approximate surface area is 201 Å². The molecule has 35 heavy (non-hydrogen) atoms. The van der Waals surface area contributed by atoms with Gasteiger partial charge in [0, 0.05) is 30.4 Å². The second kappa shape index (κ2) is 8.60. The minimum atomic E-state index is -4.37. The number of imidazole rings is 1. The lowest BCUT2D eigenvalue weighted by Crippen LogP contribution is -2.16. The number of fused-ring (bicyclic) bond motifs is 1. The molecule has 14 heteroatoms. The van der Waals surface area contributed by atoms with E-state index in [1.807, 2.05) is 0 Å². The SMILES string of the molecule is COc1ncc(Cl)cc1S(=O)(=O)Nc1cccc(-c2ncc3c(-c4ncc[nH]4)[nH]nc3c2F)c1F. The number of aromatic amines is 2. The van der Waals surface area contributed by atoms with Crippen molar-refractivity contribution in [2.24, 2.45) is 0 Å². The summed E-state index contributed by atoms with van der Waals surface area (Å²) in [7, 11) is -3.14. The van der Waals surface area contributed by atoms with Crippen LogP contribution in [0.4, 0.5) is 14.5 Å². The Morgan fingerprint density at radius 1 is 1.11 bits per heavy atom. The molecule has 0 aliphatic rings. The van der Waals surface area contributed by atoms with Crippen molar-refractivity contribution in [2.45, 2.75) is 4.90 Å². The molecule has 3 N–H and O–H groups in total. The van der Waals surface area contributed by atoms with Crippen molar-refractivity contribution in [3.8, 4) is 28.7 Å². The highest BCUT2D eigenvalue weighted by atomic mass is 35.5. The predicted octanol–water partition coefficient (Wildman–Crippen LogP) is 4.15. The van der Waals surface area contributed by atoms with Crippen LogP contribution in [0.5, 0.6) is 5.88 Å². The number of nitrogens with zero attached hydrogens (tertiary/aromatic N) is 4. The molecule has 0 spiro atoms. The molecule has 178 valence electrons. The third-order valence-electron chi connectivity index (χ3n) is 5.04. The molecule has 0 saturated heterocycles. The molecule has 4 heterocycles. The molecule has 5 rings (SSSR count). The molecule has 5 aromatic rings. The number of methoxy groups -OCH3 is 1. The number of pyridine rings is 2. The lowest BCUT2D eigenvalue weighted by Gasteiger charge is -2.13. The maximum Gasteiger partial charge on any atom is 0.267 e. The van der Waals surface area contributed by atoms with Crippen LogP contribution in [-0.4, -0.2) is 45.7 Å². The van der Waals surface area contributed by atoms with Crippen LogP contribution in [0.25, 0.3) is 33.7 Å². The summed E-state index contributed by atoms with van der Waals surface area (Å²) >= 11 is 5.87. The summed E-state index contributed by atoms with van der Waals surface area (Å²) in [6.45, 7) is 0. The molecule has 1 aromatic carbocycles. The average molecular weight is 518 g/mol. The Kier molecular flexibility index (Phi) is 5.57. The van der Waals surface area contributed by atoms with Crippen molar-refractivity contribution in [1.82, 2.24) is 30.1 Å². The predicted molar refractivity (Wildman–Crippen MR) is 123 cm³/mol. The van der Waals surface area contributed by atoms with E-state index in [0.29, 0.717) is 16.9 Å². The van der Waals surface area contributed by atoms with Gasteiger partial charge in [-0.3, -0.25) is 14.8 Å². The number of benzene rings is 1. The van der Waals surface area contributed by atoms with Gasteiger partial charge in [-0.1, -0.05) is 17.7 Å². The van der Waals surface area contributed by atoms with E-state index in [2.05, 4.69) is 34.9 Å². The summed E-state index contributed by atoms with van der Waals surface area (Å²) < 4.78 is 63.7. The van der Waals surface area contributed by atoms with Crippen LogP contribution < -0.4 is 9.46 Å². The van der Waals surface area contributed by atoms with Gasteiger partial charge in [0.2, 0.25) is 5.88 Å². The number of sulfonamides is 1. The molecule has 0 radical (unpaired) electrons. The monoisotopic (exact) mass is 517 g/mol. The summed E-state index contributed by atoms with van der Waals surface area (Å²) in [5, 5.41) is 7.03. The Morgan fingerprint density at radius 3 is 2.69 bits per heavy atom. The molecule has 0 amide bonds. The van der Waals surface area contributed by atoms with Gasteiger partial charge >= 0.3 is 0 Å². The van der Waals surface area contributed by atoms with Gasteiger partial charge in [-0.25, -0.2) is 27.2 Å². The van der Waals surface area contributed by atoms with Crippen LogP contribution in [0, 0.1) is 11.6 Å². The van der Waals surface area contributed by atoms with Gasteiger partial charge in [0.25, 0.3) is 10.0 Å². The molecule has 0 aliphatic heterocycles. The van der Waals surface area contributed by atoms with Crippen molar-refractivity contribution >= 4 is 38.2 Å². The molecule has 0 aliphatic carbocycles. The zero-order chi connectivity index (χ0) is 24.7. The van der Waals surface area contributed by atoms with E-state index in [0.717, 1.165) is 6.07 Å².